The minimum atomic E-state index is -0.0227. The Bertz CT molecular complexity index is 574. The molecule has 1 aliphatic heterocycles. The quantitative estimate of drug-likeness (QED) is 0.747. The number of methoxy groups -OCH3 is 3. The monoisotopic (exact) mass is 335 g/mol. The Hall–Kier alpha value is -2.21. The SMILES string of the molecule is CC[C@H]1CN(C(=O)/C=C/c2cc(OC)c(OC)c(OC)c2)CCO1. The first-order valence-electron chi connectivity index (χ1n) is 8.01. The van der Waals surface area contributed by atoms with Crippen molar-refractivity contribution in [2.75, 3.05) is 41.0 Å². The van der Waals surface area contributed by atoms with Gasteiger partial charge in [0.2, 0.25) is 11.7 Å². The molecule has 0 aliphatic carbocycles. The van der Waals surface area contributed by atoms with Crippen LogP contribution in [0.5, 0.6) is 17.2 Å². The van der Waals surface area contributed by atoms with Gasteiger partial charge in [0.25, 0.3) is 0 Å². The third-order valence-electron chi connectivity index (χ3n) is 4.01. The second-order valence-corrected chi connectivity index (χ2v) is 5.48. The van der Waals surface area contributed by atoms with Crippen LogP contribution in [-0.2, 0) is 9.53 Å². The third kappa shape index (κ3) is 4.20. The molecular formula is C18H25NO5. The Kier molecular flexibility index (Phi) is 6.49. The van der Waals surface area contributed by atoms with Crippen molar-refractivity contribution in [2.45, 2.75) is 19.4 Å². The van der Waals surface area contributed by atoms with E-state index in [0.29, 0.717) is 36.9 Å². The summed E-state index contributed by atoms with van der Waals surface area (Å²) in [5.74, 6) is 1.62. The zero-order chi connectivity index (χ0) is 17.5. The summed E-state index contributed by atoms with van der Waals surface area (Å²) >= 11 is 0. The average molecular weight is 335 g/mol. The number of hydrogen-bond acceptors (Lipinski definition) is 5. The molecule has 1 aromatic rings. The number of rotatable bonds is 6. The molecule has 1 amide bonds. The van der Waals surface area contributed by atoms with Crippen LogP contribution in [0.4, 0.5) is 0 Å². The van der Waals surface area contributed by atoms with E-state index < -0.39 is 0 Å². The summed E-state index contributed by atoms with van der Waals surface area (Å²) in [6.45, 7) is 3.90. The molecule has 1 saturated heterocycles. The fourth-order valence-electron chi connectivity index (χ4n) is 2.64. The van der Waals surface area contributed by atoms with Crippen LogP contribution >= 0.6 is 0 Å². The second-order valence-electron chi connectivity index (χ2n) is 5.48. The van der Waals surface area contributed by atoms with E-state index in [0.717, 1.165) is 12.0 Å². The van der Waals surface area contributed by atoms with Gasteiger partial charge >= 0.3 is 0 Å². The molecule has 132 valence electrons. The van der Waals surface area contributed by atoms with Gasteiger partial charge in [-0.1, -0.05) is 6.92 Å². The largest absolute Gasteiger partial charge is 0.493 e. The molecule has 24 heavy (non-hydrogen) atoms. The molecule has 1 aromatic carbocycles. The maximum absolute atomic E-state index is 12.4. The molecule has 6 heteroatoms. The van der Waals surface area contributed by atoms with E-state index in [4.69, 9.17) is 18.9 Å². The first kappa shape index (κ1) is 18.1. The van der Waals surface area contributed by atoms with Gasteiger partial charge in [0.1, 0.15) is 0 Å². The van der Waals surface area contributed by atoms with Crippen molar-refractivity contribution in [1.82, 2.24) is 4.90 Å². The lowest BCUT2D eigenvalue weighted by molar-refractivity contribution is -0.133. The number of amides is 1. The highest BCUT2D eigenvalue weighted by Gasteiger charge is 2.21. The molecule has 0 saturated carbocycles. The number of carbonyl (C=O) groups excluding carboxylic acids is 1. The first-order chi connectivity index (χ1) is 11.6. The van der Waals surface area contributed by atoms with Crippen LogP contribution in [0.1, 0.15) is 18.9 Å². The Balaban J connectivity index is 2.14. The van der Waals surface area contributed by atoms with Crippen LogP contribution in [0.3, 0.4) is 0 Å². The maximum atomic E-state index is 12.4. The number of nitrogens with zero attached hydrogens (tertiary/aromatic N) is 1. The fraction of sp³-hybridized carbons (Fsp3) is 0.500. The van der Waals surface area contributed by atoms with Crippen LogP contribution in [-0.4, -0.2) is 57.9 Å². The van der Waals surface area contributed by atoms with Crippen molar-refractivity contribution >= 4 is 12.0 Å². The van der Waals surface area contributed by atoms with Gasteiger partial charge in [-0.25, -0.2) is 0 Å². The van der Waals surface area contributed by atoms with Crippen molar-refractivity contribution in [3.05, 3.63) is 23.8 Å². The van der Waals surface area contributed by atoms with Gasteiger partial charge < -0.3 is 23.8 Å². The van der Waals surface area contributed by atoms with Crippen molar-refractivity contribution < 1.29 is 23.7 Å². The molecule has 2 rings (SSSR count). The molecule has 1 atom stereocenters. The minimum absolute atomic E-state index is 0.0227. The number of carbonyl (C=O) groups is 1. The zero-order valence-electron chi connectivity index (χ0n) is 14.7. The summed E-state index contributed by atoms with van der Waals surface area (Å²) in [4.78, 5) is 14.2. The number of ether oxygens (including phenoxy) is 4. The molecule has 0 N–H and O–H groups in total. The van der Waals surface area contributed by atoms with Gasteiger partial charge in [-0.3, -0.25) is 4.79 Å². The van der Waals surface area contributed by atoms with E-state index in [1.165, 1.54) is 0 Å². The highest BCUT2D eigenvalue weighted by atomic mass is 16.5. The van der Waals surface area contributed by atoms with Gasteiger partial charge in [0, 0.05) is 19.2 Å². The number of benzene rings is 1. The molecule has 0 radical (unpaired) electrons. The van der Waals surface area contributed by atoms with E-state index in [2.05, 4.69) is 6.92 Å². The van der Waals surface area contributed by atoms with Gasteiger partial charge in [-0.15, -0.1) is 0 Å². The van der Waals surface area contributed by atoms with Crippen molar-refractivity contribution in [2.24, 2.45) is 0 Å². The molecule has 1 fully saturated rings. The Morgan fingerprint density at radius 2 is 1.92 bits per heavy atom. The molecule has 0 bridgehead atoms. The van der Waals surface area contributed by atoms with Gasteiger partial charge in [0.15, 0.2) is 11.5 Å². The summed E-state index contributed by atoms with van der Waals surface area (Å²) in [5.41, 5.74) is 0.804. The van der Waals surface area contributed by atoms with Gasteiger partial charge in [-0.05, 0) is 30.2 Å². The van der Waals surface area contributed by atoms with Gasteiger partial charge in [0.05, 0.1) is 34.0 Å². The number of morpholine rings is 1. The molecule has 1 aliphatic rings. The van der Waals surface area contributed by atoms with Crippen LogP contribution in [0.15, 0.2) is 18.2 Å². The lowest BCUT2D eigenvalue weighted by Crippen LogP contribution is -2.44. The smallest absolute Gasteiger partial charge is 0.246 e. The lowest BCUT2D eigenvalue weighted by atomic mass is 10.1. The van der Waals surface area contributed by atoms with Crippen molar-refractivity contribution in [3.63, 3.8) is 0 Å². The average Bonchev–Trinajstić information content (AvgIpc) is 2.64. The van der Waals surface area contributed by atoms with E-state index in [9.17, 15) is 4.79 Å². The first-order valence-corrected chi connectivity index (χ1v) is 8.01. The van der Waals surface area contributed by atoms with E-state index in [1.54, 1.807) is 45.6 Å². The van der Waals surface area contributed by atoms with Crippen LogP contribution in [0.2, 0.25) is 0 Å². The van der Waals surface area contributed by atoms with Gasteiger partial charge in [-0.2, -0.15) is 0 Å². The standard InChI is InChI=1S/C18H25NO5/c1-5-14-12-19(8-9-24-14)17(20)7-6-13-10-15(21-2)18(23-4)16(11-13)22-3/h6-7,10-11,14H,5,8-9,12H2,1-4H3/b7-6+/t14-/m0/s1. The molecular weight excluding hydrogens is 310 g/mol. The fourth-order valence-corrected chi connectivity index (χ4v) is 2.64. The van der Waals surface area contributed by atoms with E-state index >= 15 is 0 Å². The van der Waals surface area contributed by atoms with Crippen molar-refractivity contribution in [3.8, 4) is 17.2 Å². The predicted molar refractivity (Wildman–Crippen MR) is 91.7 cm³/mol. The van der Waals surface area contributed by atoms with Crippen LogP contribution < -0.4 is 14.2 Å². The lowest BCUT2D eigenvalue weighted by Gasteiger charge is -2.31. The van der Waals surface area contributed by atoms with Crippen LogP contribution in [0, 0.1) is 0 Å². The summed E-state index contributed by atoms with van der Waals surface area (Å²) < 4.78 is 21.5. The Labute approximate surface area is 142 Å². The zero-order valence-corrected chi connectivity index (χ0v) is 14.7. The number of hydrogen-bond donors (Lipinski definition) is 0. The normalized spacial score (nSPS) is 17.8. The third-order valence-corrected chi connectivity index (χ3v) is 4.01. The summed E-state index contributed by atoms with van der Waals surface area (Å²) in [6.07, 6.45) is 4.35. The topological polar surface area (TPSA) is 57.2 Å². The molecule has 6 nitrogen and oxygen atoms in total. The highest BCUT2D eigenvalue weighted by Crippen LogP contribution is 2.38. The maximum Gasteiger partial charge on any atom is 0.246 e. The van der Waals surface area contributed by atoms with Crippen molar-refractivity contribution in [1.29, 1.82) is 0 Å². The van der Waals surface area contributed by atoms with E-state index in [-0.39, 0.29) is 12.0 Å². The highest BCUT2D eigenvalue weighted by molar-refractivity contribution is 5.92. The Morgan fingerprint density at radius 1 is 1.25 bits per heavy atom. The summed E-state index contributed by atoms with van der Waals surface area (Å²) in [5, 5.41) is 0. The second kappa shape index (κ2) is 8.59. The van der Waals surface area contributed by atoms with Crippen LogP contribution in [0.25, 0.3) is 6.08 Å². The minimum Gasteiger partial charge on any atom is -0.493 e. The summed E-state index contributed by atoms with van der Waals surface area (Å²) in [6, 6.07) is 3.61. The molecule has 0 spiro atoms. The molecule has 1 heterocycles. The predicted octanol–water partition coefficient (Wildman–Crippen LogP) is 2.36. The molecule has 0 aromatic heterocycles. The Morgan fingerprint density at radius 3 is 2.46 bits per heavy atom. The molecule has 0 unspecified atom stereocenters. The summed E-state index contributed by atoms with van der Waals surface area (Å²) in [7, 11) is 4.69. The van der Waals surface area contributed by atoms with E-state index in [1.807, 2.05) is 4.90 Å².